The van der Waals surface area contributed by atoms with E-state index in [0.29, 0.717) is 12.3 Å². The smallest absolute Gasteiger partial charge is 0.222 e. The Morgan fingerprint density at radius 3 is 3.05 bits per heavy atom. The second kappa shape index (κ2) is 6.70. The topological polar surface area (TPSA) is 41.4 Å². The molecule has 1 aromatic heterocycles. The van der Waals surface area contributed by atoms with Crippen molar-refractivity contribution >= 4 is 5.91 Å². The zero-order valence-corrected chi connectivity index (χ0v) is 12.0. The van der Waals surface area contributed by atoms with Crippen molar-refractivity contribution in [2.75, 3.05) is 33.7 Å². The van der Waals surface area contributed by atoms with E-state index >= 15 is 0 Å². The largest absolute Gasteiger partial charge is 0.345 e. The molecule has 0 aliphatic carbocycles. The van der Waals surface area contributed by atoms with Crippen LogP contribution in [0.3, 0.4) is 0 Å². The average Bonchev–Trinajstić information content (AvgIpc) is 2.87. The first-order valence-electron chi connectivity index (χ1n) is 7.05. The number of piperidine rings is 1. The number of carbonyl (C=O) groups is 1. The third kappa shape index (κ3) is 4.35. The van der Waals surface area contributed by atoms with Gasteiger partial charge >= 0.3 is 0 Å². The molecule has 106 valence electrons. The molecule has 0 spiro atoms. The SMILES string of the molecule is CN(CCCn1cccn1)CC1CCC(=O)N(C)C1. The fourth-order valence-electron chi connectivity index (χ4n) is 2.72. The Morgan fingerprint density at radius 2 is 2.37 bits per heavy atom. The fraction of sp³-hybridized carbons (Fsp3) is 0.714. The molecule has 1 aliphatic heterocycles. The van der Waals surface area contributed by atoms with Crippen LogP contribution in [0.2, 0.25) is 0 Å². The first kappa shape index (κ1) is 14.1. The van der Waals surface area contributed by atoms with E-state index in [0.717, 1.165) is 39.0 Å². The molecule has 1 unspecified atom stereocenters. The number of hydrogen-bond acceptors (Lipinski definition) is 3. The van der Waals surface area contributed by atoms with Crippen LogP contribution in [-0.2, 0) is 11.3 Å². The maximum Gasteiger partial charge on any atom is 0.222 e. The van der Waals surface area contributed by atoms with Crippen molar-refractivity contribution in [2.45, 2.75) is 25.8 Å². The maximum atomic E-state index is 11.4. The maximum absolute atomic E-state index is 11.4. The van der Waals surface area contributed by atoms with Crippen molar-refractivity contribution in [1.29, 1.82) is 0 Å². The molecule has 1 aromatic rings. The van der Waals surface area contributed by atoms with Gasteiger partial charge in [-0.1, -0.05) is 0 Å². The van der Waals surface area contributed by atoms with Gasteiger partial charge in [-0.05, 0) is 38.4 Å². The molecule has 5 heteroatoms. The number of hydrogen-bond donors (Lipinski definition) is 0. The van der Waals surface area contributed by atoms with Crippen molar-refractivity contribution in [2.24, 2.45) is 5.92 Å². The Labute approximate surface area is 115 Å². The molecule has 1 amide bonds. The number of amides is 1. The van der Waals surface area contributed by atoms with Crippen LogP contribution in [0, 0.1) is 5.92 Å². The molecule has 1 aliphatic rings. The van der Waals surface area contributed by atoms with Crippen LogP contribution in [0.15, 0.2) is 18.5 Å². The molecule has 2 heterocycles. The first-order chi connectivity index (χ1) is 9.15. The summed E-state index contributed by atoms with van der Waals surface area (Å²) >= 11 is 0. The summed E-state index contributed by atoms with van der Waals surface area (Å²) in [6, 6.07) is 1.96. The van der Waals surface area contributed by atoms with Gasteiger partial charge in [-0.15, -0.1) is 0 Å². The summed E-state index contributed by atoms with van der Waals surface area (Å²) in [5.74, 6) is 0.912. The van der Waals surface area contributed by atoms with E-state index < -0.39 is 0 Å². The molecule has 0 radical (unpaired) electrons. The lowest BCUT2D eigenvalue weighted by atomic mass is 9.97. The predicted molar refractivity (Wildman–Crippen MR) is 74.7 cm³/mol. The highest BCUT2D eigenvalue weighted by molar-refractivity contribution is 5.76. The van der Waals surface area contributed by atoms with Crippen molar-refractivity contribution in [3.05, 3.63) is 18.5 Å². The lowest BCUT2D eigenvalue weighted by Gasteiger charge is -2.32. The molecule has 0 N–H and O–H groups in total. The summed E-state index contributed by atoms with van der Waals surface area (Å²) in [6.07, 6.45) is 6.68. The Balaban J connectivity index is 1.64. The molecule has 19 heavy (non-hydrogen) atoms. The van der Waals surface area contributed by atoms with Crippen LogP contribution in [0.5, 0.6) is 0 Å². The van der Waals surface area contributed by atoms with Gasteiger partial charge < -0.3 is 9.80 Å². The van der Waals surface area contributed by atoms with Crippen LogP contribution >= 0.6 is 0 Å². The number of likely N-dealkylation sites (tertiary alicyclic amines) is 1. The normalized spacial score (nSPS) is 20.3. The van der Waals surface area contributed by atoms with Gasteiger partial charge in [0.25, 0.3) is 0 Å². The van der Waals surface area contributed by atoms with E-state index in [9.17, 15) is 4.79 Å². The van der Waals surface area contributed by atoms with Crippen LogP contribution in [0.25, 0.3) is 0 Å². The monoisotopic (exact) mass is 264 g/mol. The van der Waals surface area contributed by atoms with E-state index in [1.54, 1.807) is 0 Å². The summed E-state index contributed by atoms with van der Waals surface area (Å²) in [7, 11) is 4.08. The standard InChI is InChI=1S/C14H24N4O/c1-16(8-4-10-18-9-3-7-15-18)11-13-5-6-14(19)17(2)12-13/h3,7,9,13H,4-6,8,10-12H2,1-2H3. The summed E-state index contributed by atoms with van der Waals surface area (Å²) in [5, 5.41) is 4.20. The van der Waals surface area contributed by atoms with Crippen molar-refractivity contribution < 1.29 is 4.79 Å². The summed E-state index contributed by atoms with van der Waals surface area (Å²) < 4.78 is 1.97. The van der Waals surface area contributed by atoms with Gasteiger partial charge in [0.05, 0.1) is 0 Å². The molecule has 0 saturated carbocycles. The van der Waals surface area contributed by atoms with E-state index in [-0.39, 0.29) is 5.91 Å². The molecule has 1 saturated heterocycles. The second-order valence-electron chi connectivity index (χ2n) is 5.56. The number of rotatable bonds is 6. The fourth-order valence-corrected chi connectivity index (χ4v) is 2.72. The number of carbonyl (C=O) groups excluding carboxylic acids is 1. The molecule has 0 aromatic carbocycles. The Hall–Kier alpha value is -1.36. The van der Waals surface area contributed by atoms with Gasteiger partial charge in [-0.3, -0.25) is 9.48 Å². The molecular formula is C14H24N4O. The predicted octanol–water partition coefficient (Wildman–Crippen LogP) is 1.07. The minimum atomic E-state index is 0.289. The van der Waals surface area contributed by atoms with Gasteiger partial charge in [0, 0.05) is 45.5 Å². The van der Waals surface area contributed by atoms with Crippen LogP contribution in [0.1, 0.15) is 19.3 Å². The summed E-state index contributed by atoms with van der Waals surface area (Å²) in [4.78, 5) is 15.7. The Kier molecular flexibility index (Phi) is 4.96. The lowest BCUT2D eigenvalue weighted by molar-refractivity contribution is -0.133. The third-order valence-electron chi connectivity index (χ3n) is 3.78. The molecule has 5 nitrogen and oxygen atoms in total. The highest BCUT2D eigenvalue weighted by Crippen LogP contribution is 2.17. The quantitative estimate of drug-likeness (QED) is 0.772. The lowest BCUT2D eigenvalue weighted by Crippen LogP contribution is -2.41. The van der Waals surface area contributed by atoms with Crippen LogP contribution in [-0.4, -0.2) is 59.2 Å². The summed E-state index contributed by atoms with van der Waals surface area (Å²) in [5.41, 5.74) is 0. The second-order valence-corrected chi connectivity index (χ2v) is 5.56. The van der Waals surface area contributed by atoms with Gasteiger partial charge in [-0.25, -0.2) is 0 Å². The molecule has 0 bridgehead atoms. The third-order valence-corrected chi connectivity index (χ3v) is 3.78. The minimum absolute atomic E-state index is 0.289. The van der Waals surface area contributed by atoms with Crippen molar-refractivity contribution in [3.8, 4) is 0 Å². The Bertz CT molecular complexity index is 390. The van der Waals surface area contributed by atoms with Crippen LogP contribution in [0.4, 0.5) is 0 Å². The van der Waals surface area contributed by atoms with Crippen molar-refractivity contribution in [3.63, 3.8) is 0 Å². The average molecular weight is 264 g/mol. The zero-order chi connectivity index (χ0) is 13.7. The van der Waals surface area contributed by atoms with E-state index in [1.807, 2.05) is 35.1 Å². The molecule has 2 rings (SSSR count). The van der Waals surface area contributed by atoms with E-state index in [1.165, 1.54) is 0 Å². The zero-order valence-electron chi connectivity index (χ0n) is 12.0. The molecule has 1 atom stereocenters. The Morgan fingerprint density at radius 1 is 1.53 bits per heavy atom. The number of nitrogens with zero attached hydrogens (tertiary/aromatic N) is 4. The van der Waals surface area contributed by atoms with E-state index in [4.69, 9.17) is 0 Å². The molecule has 1 fully saturated rings. The highest BCUT2D eigenvalue weighted by Gasteiger charge is 2.23. The van der Waals surface area contributed by atoms with Gasteiger partial charge in [0.15, 0.2) is 0 Å². The number of aryl methyl sites for hydroxylation is 1. The minimum Gasteiger partial charge on any atom is -0.345 e. The van der Waals surface area contributed by atoms with Crippen LogP contribution < -0.4 is 0 Å². The van der Waals surface area contributed by atoms with E-state index in [2.05, 4.69) is 17.0 Å². The number of aromatic nitrogens is 2. The highest BCUT2D eigenvalue weighted by atomic mass is 16.2. The summed E-state index contributed by atoms with van der Waals surface area (Å²) in [6.45, 7) is 4.04. The van der Waals surface area contributed by atoms with Crippen molar-refractivity contribution in [1.82, 2.24) is 19.6 Å². The van der Waals surface area contributed by atoms with Gasteiger partial charge in [0.1, 0.15) is 0 Å². The van der Waals surface area contributed by atoms with Gasteiger partial charge in [-0.2, -0.15) is 5.10 Å². The van der Waals surface area contributed by atoms with Gasteiger partial charge in [0.2, 0.25) is 5.91 Å². The molecular weight excluding hydrogens is 240 g/mol. The first-order valence-corrected chi connectivity index (χ1v) is 7.05.